The Hall–Kier alpha value is -2.48. The van der Waals surface area contributed by atoms with Crippen molar-refractivity contribution in [1.29, 1.82) is 0 Å². The van der Waals surface area contributed by atoms with E-state index in [0.29, 0.717) is 24.5 Å². The van der Waals surface area contributed by atoms with Gasteiger partial charge in [0.15, 0.2) is 13.2 Å². The Labute approximate surface area is 226 Å². The number of alkyl halides is 1. The van der Waals surface area contributed by atoms with Crippen LogP contribution in [0.15, 0.2) is 36.7 Å². The number of nitrogens with one attached hydrogen (secondary N) is 2. The largest absolute Gasteiger partial charge is 0.482 e. The van der Waals surface area contributed by atoms with Gasteiger partial charge in [0.25, 0.3) is 11.8 Å². The summed E-state index contributed by atoms with van der Waals surface area (Å²) in [5.74, 6) is 0.280. The van der Waals surface area contributed by atoms with Crippen LogP contribution in [-0.4, -0.2) is 62.0 Å². The molecule has 12 heteroatoms. The van der Waals surface area contributed by atoms with Crippen LogP contribution in [0, 0.1) is 0 Å². The zero-order chi connectivity index (χ0) is 26.8. The molecule has 0 saturated heterocycles. The van der Waals surface area contributed by atoms with Crippen LogP contribution in [0.25, 0.3) is 0 Å². The second kappa shape index (κ2) is 13.7. The van der Waals surface area contributed by atoms with Crippen molar-refractivity contribution < 1.29 is 26.5 Å². The van der Waals surface area contributed by atoms with Gasteiger partial charge in [-0.15, -0.1) is 0 Å². The standard InChI is InChI=1S/C24H33BFIN4O5/c1-23(2,25)19-7-5-16(11-29-19)34-14-21(32)28-10-9-18(36-27)13-31-22(33)15-35-17-6-8-20(30-12-17)24(3,4)26/h5-8,11-12,18H,9-10,13-15,25H2,1-4H3,(H,28,32)(H,31,33). The van der Waals surface area contributed by atoms with Gasteiger partial charge in [0, 0.05) is 18.8 Å². The Bertz CT molecular complexity index is 982. The van der Waals surface area contributed by atoms with Crippen LogP contribution in [0.5, 0.6) is 11.5 Å². The van der Waals surface area contributed by atoms with E-state index in [-0.39, 0.29) is 48.7 Å². The highest BCUT2D eigenvalue weighted by atomic mass is 127. The van der Waals surface area contributed by atoms with E-state index in [4.69, 9.17) is 12.5 Å². The second-order valence-electron chi connectivity index (χ2n) is 9.71. The second-order valence-corrected chi connectivity index (χ2v) is 10.2. The van der Waals surface area contributed by atoms with E-state index in [1.807, 2.05) is 6.07 Å². The van der Waals surface area contributed by atoms with Gasteiger partial charge in [-0.3, -0.25) is 19.6 Å². The summed E-state index contributed by atoms with van der Waals surface area (Å²) in [5.41, 5.74) is -0.324. The molecule has 0 saturated carbocycles. The predicted molar refractivity (Wildman–Crippen MR) is 145 cm³/mol. The van der Waals surface area contributed by atoms with Crippen LogP contribution < -0.4 is 20.1 Å². The molecule has 0 spiro atoms. The Balaban J connectivity index is 1.63. The van der Waals surface area contributed by atoms with Gasteiger partial charge >= 0.3 is 0 Å². The summed E-state index contributed by atoms with van der Waals surface area (Å²) in [6.45, 7) is 7.24. The zero-order valence-electron chi connectivity index (χ0n) is 21.3. The smallest absolute Gasteiger partial charge is 0.258 e. The average Bonchev–Trinajstić information content (AvgIpc) is 2.83. The zero-order valence-corrected chi connectivity index (χ0v) is 23.4. The van der Waals surface area contributed by atoms with Crippen molar-refractivity contribution >= 4 is 42.7 Å². The molecule has 2 aromatic heterocycles. The van der Waals surface area contributed by atoms with Crippen LogP contribution in [0.4, 0.5) is 4.39 Å². The third kappa shape index (κ3) is 10.6. The third-order valence-corrected chi connectivity index (χ3v) is 5.75. The van der Waals surface area contributed by atoms with Crippen molar-refractivity contribution in [2.75, 3.05) is 26.3 Å². The molecule has 0 aliphatic carbocycles. The Morgan fingerprint density at radius 1 is 0.972 bits per heavy atom. The molecule has 1 atom stereocenters. The monoisotopic (exact) mass is 614 g/mol. The number of amides is 2. The van der Waals surface area contributed by atoms with Crippen LogP contribution in [0.3, 0.4) is 0 Å². The molecule has 2 N–H and O–H groups in total. The molecule has 196 valence electrons. The number of ether oxygens (including phenoxy) is 2. The van der Waals surface area contributed by atoms with E-state index in [1.54, 1.807) is 41.3 Å². The Morgan fingerprint density at radius 2 is 1.50 bits per heavy atom. The summed E-state index contributed by atoms with van der Waals surface area (Å²) >= 11 is 1.76. The maximum Gasteiger partial charge on any atom is 0.258 e. The van der Waals surface area contributed by atoms with Crippen molar-refractivity contribution in [3.63, 3.8) is 0 Å². The lowest BCUT2D eigenvalue weighted by molar-refractivity contribution is -0.124. The Kier molecular flexibility index (Phi) is 11.3. The van der Waals surface area contributed by atoms with E-state index >= 15 is 0 Å². The molecule has 36 heavy (non-hydrogen) atoms. The normalized spacial score (nSPS) is 12.5. The summed E-state index contributed by atoms with van der Waals surface area (Å²) in [4.78, 5) is 32.5. The molecule has 9 nitrogen and oxygen atoms in total. The van der Waals surface area contributed by atoms with Crippen molar-refractivity contribution in [2.24, 2.45) is 0 Å². The quantitative estimate of drug-likeness (QED) is 0.249. The van der Waals surface area contributed by atoms with E-state index in [1.165, 1.54) is 26.1 Å². The van der Waals surface area contributed by atoms with Gasteiger partial charge in [-0.05, 0) is 49.8 Å². The van der Waals surface area contributed by atoms with Crippen molar-refractivity contribution in [2.45, 2.75) is 51.2 Å². The Morgan fingerprint density at radius 3 is 1.94 bits per heavy atom. The van der Waals surface area contributed by atoms with E-state index in [0.717, 1.165) is 5.69 Å². The lowest BCUT2D eigenvalue weighted by atomic mass is 9.70. The van der Waals surface area contributed by atoms with Gasteiger partial charge in [-0.1, -0.05) is 13.8 Å². The van der Waals surface area contributed by atoms with Gasteiger partial charge < -0.3 is 23.2 Å². The lowest BCUT2D eigenvalue weighted by Crippen LogP contribution is -2.38. The first-order chi connectivity index (χ1) is 16.9. The van der Waals surface area contributed by atoms with Crippen LogP contribution in [0.1, 0.15) is 45.5 Å². The number of pyridine rings is 2. The van der Waals surface area contributed by atoms with Crippen LogP contribution >= 0.6 is 23.0 Å². The highest BCUT2D eigenvalue weighted by Crippen LogP contribution is 2.23. The number of hydrogen-bond acceptors (Lipinski definition) is 7. The number of rotatable bonds is 14. The fraction of sp³-hybridized carbons (Fsp3) is 0.500. The van der Waals surface area contributed by atoms with Crippen LogP contribution in [0.2, 0.25) is 0 Å². The molecule has 0 aliphatic rings. The fourth-order valence-corrected chi connectivity index (χ4v) is 3.34. The number of aromatic nitrogens is 2. The first-order valence-corrected chi connectivity index (χ1v) is 12.4. The van der Waals surface area contributed by atoms with Crippen molar-refractivity contribution in [1.82, 2.24) is 20.6 Å². The maximum absolute atomic E-state index is 13.9. The summed E-state index contributed by atoms with van der Waals surface area (Å²) < 4.78 is 30.1. The topological polar surface area (TPSA) is 112 Å². The highest BCUT2D eigenvalue weighted by molar-refractivity contribution is 14.1. The summed E-state index contributed by atoms with van der Waals surface area (Å²) in [5, 5.41) is 5.43. The number of nitrogens with zero attached hydrogens (tertiary/aromatic N) is 2. The van der Waals surface area contributed by atoms with Crippen LogP contribution in [-0.2, 0) is 23.6 Å². The molecule has 0 fully saturated rings. The molecular formula is C24H33BFIN4O5. The van der Waals surface area contributed by atoms with Crippen molar-refractivity contribution in [3.05, 3.63) is 48.0 Å². The highest BCUT2D eigenvalue weighted by Gasteiger charge is 2.20. The number of carbonyl (C=O) groups is 2. The van der Waals surface area contributed by atoms with Crippen molar-refractivity contribution in [3.8, 4) is 11.5 Å². The van der Waals surface area contributed by atoms with E-state index in [9.17, 15) is 14.0 Å². The predicted octanol–water partition coefficient (Wildman–Crippen LogP) is 2.36. The molecule has 0 aromatic carbocycles. The number of hydrogen-bond donors (Lipinski definition) is 2. The molecule has 0 radical (unpaired) electrons. The molecule has 2 rings (SSSR count). The molecular weight excluding hydrogens is 581 g/mol. The molecule has 2 heterocycles. The molecule has 1 unspecified atom stereocenters. The first-order valence-electron chi connectivity index (χ1n) is 11.6. The molecule has 2 amide bonds. The van der Waals surface area contributed by atoms with E-state index < -0.39 is 5.67 Å². The molecule has 0 bridgehead atoms. The first kappa shape index (κ1) is 29.8. The fourth-order valence-electron chi connectivity index (χ4n) is 2.90. The van der Waals surface area contributed by atoms with Gasteiger partial charge in [-0.25, -0.2) is 4.39 Å². The number of halogens is 2. The average molecular weight is 614 g/mol. The minimum atomic E-state index is -1.55. The lowest BCUT2D eigenvalue weighted by Gasteiger charge is -2.17. The number of carbonyl (C=O) groups excluding carboxylic acids is 2. The third-order valence-electron chi connectivity index (χ3n) is 5.03. The summed E-state index contributed by atoms with van der Waals surface area (Å²) in [7, 11) is 2.07. The van der Waals surface area contributed by atoms with Gasteiger partial charge in [0.1, 0.15) is 48.0 Å². The van der Waals surface area contributed by atoms with Gasteiger partial charge in [0.2, 0.25) is 0 Å². The SMILES string of the molecule is BC(C)(C)c1ccc(OCC(=O)NCCC(CNC(=O)COc2ccc(C(C)(C)F)nc2)OI)cn1. The maximum atomic E-state index is 13.9. The van der Waals surface area contributed by atoms with Gasteiger partial charge in [0.05, 0.1) is 24.2 Å². The summed E-state index contributed by atoms with van der Waals surface area (Å²) in [6.07, 6.45) is 3.17. The van der Waals surface area contributed by atoms with E-state index in [2.05, 4.69) is 42.3 Å². The summed E-state index contributed by atoms with van der Waals surface area (Å²) in [6, 6.07) is 6.77. The minimum absolute atomic E-state index is 0.0575. The molecule has 2 aromatic rings. The minimum Gasteiger partial charge on any atom is -0.482 e. The van der Waals surface area contributed by atoms with Gasteiger partial charge in [-0.2, -0.15) is 0 Å². The molecule has 0 aliphatic heterocycles.